The monoisotopic (exact) mass is 226 g/mol. The molecule has 3 atom stereocenters. The minimum absolute atomic E-state index is 0.000561. The summed E-state index contributed by atoms with van der Waals surface area (Å²) < 4.78 is 0. The van der Waals surface area contributed by atoms with Gasteiger partial charge >= 0.3 is 0 Å². The molecule has 0 aliphatic carbocycles. The summed E-state index contributed by atoms with van der Waals surface area (Å²) in [5, 5.41) is 0. The Morgan fingerprint density at radius 3 is 2.44 bits per heavy atom. The van der Waals surface area contributed by atoms with Gasteiger partial charge in [0.1, 0.15) is 0 Å². The van der Waals surface area contributed by atoms with Gasteiger partial charge in [0, 0.05) is 19.6 Å². The quantitative estimate of drug-likeness (QED) is 0.796. The summed E-state index contributed by atoms with van der Waals surface area (Å²) in [5.41, 5.74) is 5.70. The summed E-state index contributed by atoms with van der Waals surface area (Å²) in [6, 6.07) is 0. The largest absolute Gasteiger partial charge is 0.342 e. The van der Waals surface area contributed by atoms with Crippen LogP contribution in [-0.4, -0.2) is 30.4 Å². The van der Waals surface area contributed by atoms with Gasteiger partial charge in [0.05, 0.1) is 5.92 Å². The second-order valence-corrected chi connectivity index (χ2v) is 5.61. The molecule has 3 unspecified atom stereocenters. The van der Waals surface area contributed by atoms with Crippen molar-refractivity contribution in [1.82, 2.24) is 4.90 Å². The van der Waals surface area contributed by atoms with E-state index in [0.29, 0.717) is 18.4 Å². The fourth-order valence-corrected chi connectivity index (χ4v) is 2.36. The fraction of sp³-hybridized carbons (Fsp3) is 0.923. The number of nitrogens with zero attached hydrogens (tertiary/aromatic N) is 1. The average molecular weight is 226 g/mol. The number of carbonyl (C=O) groups excluding carboxylic acids is 1. The first-order valence-corrected chi connectivity index (χ1v) is 6.46. The van der Waals surface area contributed by atoms with Crippen molar-refractivity contribution in [3.8, 4) is 0 Å². The maximum absolute atomic E-state index is 12.3. The summed E-state index contributed by atoms with van der Waals surface area (Å²) in [7, 11) is 0. The highest BCUT2D eigenvalue weighted by molar-refractivity contribution is 5.79. The standard InChI is InChI=1S/C13H26N2O/c1-9(2)12(7-14)13(16)15-6-5-10(3)11(4)8-15/h9-12H,5-8,14H2,1-4H3. The summed E-state index contributed by atoms with van der Waals surface area (Å²) in [6.07, 6.45) is 1.13. The molecule has 0 spiro atoms. The number of piperidine rings is 1. The number of rotatable bonds is 3. The zero-order valence-corrected chi connectivity index (χ0v) is 11.1. The Labute approximate surface area is 99.4 Å². The van der Waals surface area contributed by atoms with Crippen LogP contribution in [0.15, 0.2) is 0 Å². The third-order valence-corrected chi connectivity index (χ3v) is 4.02. The lowest BCUT2D eigenvalue weighted by Gasteiger charge is -2.37. The first-order valence-electron chi connectivity index (χ1n) is 6.46. The lowest BCUT2D eigenvalue weighted by Crippen LogP contribution is -2.47. The molecule has 0 aromatic carbocycles. The van der Waals surface area contributed by atoms with E-state index in [0.717, 1.165) is 25.4 Å². The van der Waals surface area contributed by atoms with Crippen molar-refractivity contribution in [1.29, 1.82) is 0 Å². The molecule has 3 nitrogen and oxygen atoms in total. The van der Waals surface area contributed by atoms with Crippen LogP contribution in [0.2, 0.25) is 0 Å². The van der Waals surface area contributed by atoms with Crippen LogP contribution < -0.4 is 5.73 Å². The third kappa shape index (κ3) is 2.97. The molecular formula is C13H26N2O. The Kier molecular flexibility index (Phi) is 4.78. The van der Waals surface area contributed by atoms with Gasteiger partial charge in [-0.15, -0.1) is 0 Å². The predicted molar refractivity (Wildman–Crippen MR) is 66.9 cm³/mol. The molecule has 0 radical (unpaired) electrons. The Morgan fingerprint density at radius 1 is 1.38 bits per heavy atom. The van der Waals surface area contributed by atoms with Crippen LogP contribution in [-0.2, 0) is 4.79 Å². The molecule has 1 aliphatic heterocycles. The van der Waals surface area contributed by atoms with Crippen molar-refractivity contribution in [2.45, 2.75) is 34.1 Å². The van der Waals surface area contributed by atoms with E-state index in [1.54, 1.807) is 0 Å². The number of amides is 1. The van der Waals surface area contributed by atoms with Crippen LogP contribution in [0.4, 0.5) is 0 Å². The molecule has 0 bridgehead atoms. The van der Waals surface area contributed by atoms with Crippen molar-refractivity contribution >= 4 is 5.91 Å². The van der Waals surface area contributed by atoms with E-state index in [-0.39, 0.29) is 11.8 Å². The molecule has 3 heteroatoms. The van der Waals surface area contributed by atoms with E-state index in [1.165, 1.54) is 0 Å². The lowest BCUT2D eigenvalue weighted by atomic mass is 9.87. The van der Waals surface area contributed by atoms with Gasteiger partial charge in [-0.3, -0.25) is 4.79 Å². The average Bonchev–Trinajstić information content (AvgIpc) is 2.22. The van der Waals surface area contributed by atoms with Gasteiger partial charge in [-0.25, -0.2) is 0 Å². The van der Waals surface area contributed by atoms with Crippen molar-refractivity contribution in [2.24, 2.45) is 29.4 Å². The minimum Gasteiger partial charge on any atom is -0.342 e. The molecule has 2 N–H and O–H groups in total. The number of hydrogen-bond donors (Lipinski definition) is 1. The summed E-state index contributed by atoms with van der Waals surface area (Å²) >= 11 is 0. The van der Waals surface area contributed by atoms with Crippen molar-refractivity contribution in [2.75, 3.05) is 19.6 Å². The van der Waals surface area contributed by atoms with E-state index in [4.69, 9.17) is 5.73 Å². The molecule has 94 valence electrons. The topological polar surface area (TPSA) is 46.3 Å². The van der Waals surface area contributed by atoms with Gasteiger partial charge in [0.25, 0.3) is 0 Å². The third-order valence-electron chi connectivity index (χ3n) is 4.02. The van der Waals surface area contributed by atoms with E-state index < -0.39 is 0 Å². The van der Waals surface area contributed by atoms with Gasteiger partial charge in [0.15, 0.2) is 0 Å². The Balaban J connectivity index is 2.60. The van der Waals surface area contributed by atoms with E-state index in [9.17, 15) is 4.79 Å². The summed E-state index contributed by atoms with van der Waals surface area (Å²) in [5.74, 6) is 1.95. The SMILES string of the molecule is CC(C)C(CN)C(=O)N1CCC(C)C(C)C1. The summed E-state index contributed by atoms with van der Waals surface area (Å²) in [6.45, 7) is 10.9. The smallest absolute Gasteiger partial charge is 0.227 e. The Hall–Kier alpha value is -0.570. The first-order chi connectivity index (χ1) is 7.47. The molecule has 1 fully saturated rings. The maximum Gasteiger partial charge on any atom is 0.227 e. The van der Waals surface area contributed by atoms with Crippen LogP contribution in [0.25, 0.3) is 0 Å². The normalized spacial score (nSPS) is 28.2. The molecule has 0 aromatic heterocycles. The molecular weight excluding hydrogens is 200 g/mol. The van der Waals surface area contributed by atoms with Crippen LogP contribution >= 0.6 is 0 Å². The van der Waals surface area contributed by atoms with Crippen LogP contribution in [0.3, 0.4) is 0 Å². The predicted octanol–water partition coefficient (Wildman–Crippen LogP) is 1.72. The van der Waals surface area contributed by atoms with Crippen LogP contribution in [0.5, 0.6) is 0 Å². The number of likely N-dealkylation sites (tertiary alicyclic amines) is 1. The molecule has 1 saturated heterocycles. The molecule has 16 heavy (non-hydrogen) atoms. The van der Waals surface area contributed by atoms with Crippen molar-refractivity contribution in [3.05, 3.63) is 0 Å². The fourth-order valence-electron chi connectivity index (χ4n) is 2.36. The van der Waals surface area contributed by atoms with Gasteiger partial charge in [-0.2, -0.15) is 0 Å². The van der Waals surface area contributed by atoms with E-state index in [1.807, 2.05) is 4.90 Å². The van der Waals surface area contributed by atoms with Crippen molar-refractivity contribution < 1.29 is 4.79 Å². The van der Waals surface area contributed by atoms with Gasteiger partial charge in [0.2, 0.25) is 5.91 Å². The second kappa shape index (κ2) is 5.67. The maximum atomic E-state index is 12.3. The molecule has 1 amide bonds. The zero-order chi connectivity index (χ0) is 12.3. The molecule has 1 heterocycles. The van der Waals surface area contributed by atoms with Gasteiger partial charge in [-0.05, 0) is 24.2 Å². The summed E-state index contributed by atoms with van der Waals surface area (Å²) in [4.78, 5) is 14.3. The van der Waals surface area contributed by atoms with Gasteiger partial charge < -0.3 is 10.6 Å². The number of hydrogen-bond acceptors (Lipinski definition) is 2. The minimum atomic E-state index is 0.000561. The van der Waals surface area contributed by atoms with E-state index in [2.05, 4.69) is 27.7 Å². The number of carbonyl (C=O) groups is 1. The highest BCUT2D eigenvalue weighted by Gasteiger charge is 2.30. The Bertz CT molecular complexity index is 240. The van der Waals surface area contributed by atoms with E-state index >= 15 is 0 Å². The molecule has 0 saturated carbocycles. The first kappa shape index (κ1) is 13.5. The second-order valence-electron chi connectivity index (χ2n) is 5.61. The molecule has 1 aliphatic rings. The zero-order valence-electron chi connectivity index (χ0n) is 11.1. The van der Waals surface area contributed by atoms with Crippen LogP contribution in [0.1, 0.15) is 34.1 Å². The van der Waals surface area contributed by atoms with Gasteiger partial charge in [-0.1, -0.05) is 27.7 Å². The highest BCUT2D eigenvalue weighted by Crippen LogP contribution is 2.24. The molecule has 1 rings (SSSR count). The number of nitrogens with two attached hydrogens (primary N) is 1. The highest BCUT2D eigenvalue weighted by atomic mass is 16.2. The Morgan fingerprint density at radius 2 is 2.00 bits per heavy atom. The lowest BCUT2D eigenvalue weighted by molar-refractivity contribution is -0.139. The molecule has 0 aromatic rings. The van der Waals surface area contributed by atoms with Crippen LogP contribution in [0, 0.1) is 23.7 Å². The van der Waals surface area contributed by atoms with Crippen molar-refractivity contribution in [3.63, 3.8) is 0 Å².